The lowest BCUT2D eigenvalue weighted by molar-refractivity contribution is 0.354. The van der Waals surface area contributed by atoms with Crippen molar-refractivity contribution < 1.29 is 9.47 Å². The average Bonchev–Trinajstić information content (AvgIpc) is 2.83. The topological polar surface area (TPSA) is 69.3 Å². The van der Waals surface area contributed by atoms with E-state index in [-0.39, 0.29) is 5.57 Å². The lowest BCUT2D eigenvalue weighted by Gasteiger charge is -2.11. The van der Waals surface area contributed by atoms with E-state index >= 15 is 0 Å². The van der Waals surface area contributed by atoms with Crippen LogP contribution in [0.5, 0.6) is 11.5 Å². The molecule has 0 radical (unpaired) electrons. The fraction of sp³-hybridized carbons (Fsp3) is 0.294. The van der Waals surface area contributed by atoms with Crippen LogP contribution >= 0.6 is 0 Å². The van der Waals surface area contributed by atoms with Crippen LogP contribution in [-0.2, 0) is 6.42 Å². The Morgan fingerprint density at radius 1 is 1.14 bits per heavy atom. The van der Waals surface area contributed by atoms with Gasteiger partial charge in [-0.05, 0) is 28.8 Å². The molecule has 112 valence electrons. The van der Waals surface area contributed by atoms with Gasteiger partial charge in [0.2, 0.25) is 0 Å². The summed E-state index contributed by atoms with van der Waals surface area (Å²) in [5.74, 6) is 1.22. The zero-order valence-corrected chi connectivity index (χ0v) is 13.1. The second-order valence-electron chi connectivity index (χ2n) is 5.13. The first kappa shape index (κ1) is 15.5. The first-order chi connectivity index (χ1) is 10.5. The number of benzene rings is 1. The molecule has 0 heterocycles. The number of fused-ring (bicyclic) bond motifs is 1. The Labute approximate surface area is 130 Å². The Kier molecular flexibility index (Phi) is 4.39. The molecule has 0 aromatic heterocycles. The summed E-state index contributed by atoms with van der Waals surface area (Å²) >= 11 is 0. The highest BCUT2D eigenvalue weighted by atomic mass is 16.5. The van der Waals surface area contributed by atoms with E-state index in [4.69, 9.17) is 9.47 Å². The van der Waals surface area contributed by atoms with E-state index in [2.05, 4.69) is 0 Å². The van der Waals surface area contributed by atoms with Crippen LogP contribution in [0, 0.1) is 22.7 Å². The van der Waals surface area contributed by atoms with Crippen molar-refractivity contribution in [2.75, 3.05) is 28.3 Å². The van der Waals surface area contributed by atoms with E-state index < -0.39 is 0 Å². The fourth-order valence-electron chi connectivity index (χ4n) is 2.62. The quantitative estimate of drug-likeness (QED) is 0.801. The lowest BCUT2D eigenvalue weighted by atomic mass is 10.00. The number of ether oxygens (including phenoxy) is 2. The number of nitrogens with zero attached hydrogens (tertiary/aromatic N) is 3. The molecule has 1 aromatic carbocycles. The Bertz CT molecular complexity index is 730. The third-order valence-electron chi connectivity index (χ3n) is 3.47. The van der Waals surface area contributed by atoms with Crippen molar-refractivity contribution in [3.8, 4) is 23.6 Å². The molecule has 0 fully saturated rings. The van der Waals surface area contributed by atoms with Crippen molar-refractivity contribution in [3.05, 3.63) is 40.6 Å². The molecule has 0 atom stereocenters. The highest BCUT2D eigenvalue weighted by molar-refractivity contribution is 5.92. The minimum absolute atomic E-state index is 0.110. The van der Waals surface area contributed by atoms with Gasteiger partial charge in [0.25, 0.3) is 0 Å². The summed E-state index contributed by atoms with van der Waals surface area (Å²) < 4.78 is 10.7. The standard InChI is InChI=1S/C17H17N3O2/c1-20(2)10-12-5-11-6-15(21-3)16(22-4)7-14(11)17(12)13(8-18)9-19/h6-7,10H,5H2,1-4H3/b12-10+. The van der Waals surface area contributed by atoms with E-state index in [1.54, 1.807) is 14.2 Å². The maximum atomic E-state index is 9.26. The molecular formula is C17H17N3O2. The number of hydrogen-bond acceptors (Lipinski definition) is 5. The first-order valence-electron chi connectivity index (χ1n) is 6.73. The van der Waals surface area contributed by atoms with Gasteiger partial charge in [-0.15, -0.1) is 0 Å². The molecule has 22 heavy (non-hydrogen) atoms. The molecule has 2 rings (SSSR count). The van der Waals surface area contributed by atoms with Crippen LogP contribution in [0.1, 0.15) is 11.1 Å². The Balaban J connectivity index is 2.75. The van der Waals surface area contributed by atoms with Gasteiger partial charge in [-0.2, -0.15) is 10.5 Å². The van der Waals surface area contributed by atoms with Crippen molar-refractivity contribution in [3.63, 3.8) is 0 Å². The summed E-state index contributed by atoms with van der Waals surface area (Å²) in [4.78, 5) is 1.90. The molecule has 0 spiro atoms. The van der Waals surface area contributed by atoms with E-state index in [9.17, 15) is 10.5 Å². The molecule has 0 aliphatic heterocycles. The zero-order chi connectivity index (χ0) is 16.3. The van der Waals surface area contributed by atoms with E-state index in [1.165, 1.54) is 0 Å². The summed E-state index contributed by atoms with van der Waals surface area (Å²) in [6.07, 6.45) is 2.58. The summed E-state index contributed by atoms with van der Waals surface area (Å²) in [5.41, 5.74) is 3.59. The van der Waals surface area contributed by atoms with Gasteiger partial charge in [-0.25, -0.2) is 0 Å². The number of methoxy groups -OCH3 is 2. The molecule has 1 aliphatic rings. The zero-order valence-electron chi connectivity index (χ0n) is 13.1. The predicted molar refractivity (Wildman–Crippen MR) is 83.2 cm³/mol. The Morgan fingerprint density at radius 3 is 2.23 bits per heavy atom. The Morgan fingerprint density at radius 2 is 1.73 bits per heavy atom. The minimum atomic E-state index is 0.110. The monoisotopic (exact) mass is 295 g/mol. The molecule has 0 amide bonds. The van der Waals surface area contributed by atoms with Gasteiger partial charge in [-0.3, -0.25) is 0 Å². The normalized spacial score (nSPS) is 14.1. The maximum Gasteiger partial charge on any atom is 0.161 e. The highest BCUT2D eigenvalue weighted by Crippen LogP contribution is 2.43. The van der Waals surface area contributed by atoms with Crippen LogP contribution in [0.3, 0.4) is 0 Å². The second-order valence-corrected chi connectivity index (χ2v) is 5.13. The van der Waals surface area contributed by atoms with Crippen LogP contribution < -0.4 is 9.47 Å². The lowest BCUT2D eigenvalue weighted by Crippen LogP contribution is -2.03. The molecule has 1 aliphatic carbocycles. The van der Waals surface area contributed by atoms with Gasteiger partial charge < -0.3 is 14.4 Å². The summed E-state index contributed by atoms with van der Waals surface area (Å²) in [6, 6.07) is 7.71. The van der Waals surface area contributed by atoms with Gasteiger partial charge in [0, 0.05) is 32.3 Å². The smallest absolute Gasteiger partial charge is 0.161 e. The number of nitriles is 2. The van der Waals surface area contributed by atoms with Crippen molar-refractivity contribution in [1.82, 2.24) is 4.90 Å². The van der Waals surface area contributed by atoms with Gasteiger partial charge >= 0.3 is 0 Å². The first-order valence-corrected chi connectivity index (χ1v) is 6.73. The Hall–Kier alpha value is -2.92. The van der Waals surface area contributed by atoms with Crippen LogP contribution in [0.15, 0.2) is 29.5 Å². The largest absolute Gasteiger partial charge is 0.493 e. The third kappa shape index (κ3) is 2.62. The molecular weight excluding hydrogens is 278 g/mol. The van der Waals surface area contributed by atoms with Crippen LogP contribution in [0.4, 0.5) is 0 Å². The fourth-order valence-corrected chi connectivity index (χ4v) is 2.62. The molecule has 5 heteroatoms. The molecule has 0 saturated heterocycles. The van der Waals surface area contributed by atoms with Gasteiger partial charge in [0.1, 0.15) is 17.7 Å². The van der Waals surface area contributed by atoms with Crippen molar-refractivity contribution in [2.45, 2.75) is 6.42 Å². The van der Waals surface area contributed by atoms with Crippen LogP contribution in [0.2, 0.25) is 0 Å². The second kappa shape index (κ2) is 6.24. The molecule has 0 saturated carbocycles. The number of allylic oxidation sites excluding steroid dienone is 3. The minimum Gasteiger partial charge on any atom is -0.493 e. The summed E-state index contributed by atoms with van der Waals surface area (Å²) in [7, 11) is 6.97. The summed E-state index contributed by atoms with van der Waals surface area (Å²) in [6.45, 7) is 0. The van der Waals surface area contributed by atoms with Crippen LogP contribution in [0.25, 0.3) is 5.57 Å². The highest BCUT2D eigenvalue weighted by Gasteiger charge is 2.27. The number of hydrogen-bond donors (Lipinski definition) is 0. The van der Waals surface area contributed by atoms with E-state index in [1.807, 2.05) is 49.5 Å². The predicted octanol–water partition coefficient (Wildman–Crippen LogP) is 2.51. The molecule has 0 N–H and O–H groups in total. The van der Waals surface area contributed by atoms with Crippen molar-refractivity contribution in [2.24, 2.45) is 0 Å². The molecule has 5 nitrogen and oxygen atoms in total. The average molecular weight is 295 g/mol. The molecule has 0 unspecified atom stereocenters. The van der Waals surface area contributed by atoms with Crippen molar-refractivity contribution >= 4 is 5.57 Å². The summed E-state index contributed by atoms with van der Waals surface area (Å²) in [5, 5.41) is 18.5. The van der Waals surface area contributed by atoms with Gasteiger partial charge in [0.05, 0.1) is 14.2 Å². The van der Waals surface area contributed by atoms with Gasteiger partial charge in [-0.1, -0.05) is 0 Å². The van der Waals surface area contributed by atoms with E-state index in [0.717, 1.165) is 16.7 Å². The number of rotatable bonds is 3. The maximum absolute atomic E-state index is 9.26. The van der Waals surface area contributed by atoms with Crippen molar-refractivity contribution in [1.29, 1.82) is 10.5 Å². The van der Waals surface area contributed by atoms with Crippen LogP contribution in [-0.4, -0.2) is 33.2 Å². The molecule has 1 aromatic rings. The third-order valence-corrected chi connectivity index (χ3v) is 3.47. The van der Waals surface area contributed by atoms with Gasteiger partial charge in [0.15, 0.2) is 11.5 Å². The molecule has 0 bridgehead atoms. The SMILES string of the molecule is COc1cc2c(cc1OC)C(=C(C#N)C#N)/C(=C/N(C)C)C2. The van der Waals surface area contributed by atoms with E-state index in [0.29, 0.717) is 23.5 Å².